The van der Waals surface area contributed by atoms with Gasteiger partial charge in [0.1, 0.15) is 0 Å². The average molecular weight is 215 g/mol. The highest BCUT2D eigenvalue weighted by Gasteiger charge is 1.95. The van der Waals surface area contributed by atoms with E-state index in [2.05, 4.69) is 48.5 Å². The van der Waals surface area contributed by atoms with E-state index in [1.165, 1.54) is 16.0 Å². The first-order chi connectivity index (χ1) is 7.25. The fourth-order valence-electron chi connectivity index (χ4n) is 1.36. The lowest BCUT2D eigenvalue weighted by molar-refractivity contribution is 1.36. The first-order valence-corrected chi connectivity index (χ1v) is 5.78. The van der Waals surface area contributed by atoms with Crippen molar-refractivity contribution in [2.75, 3.05) is 0 Å². The van der Waals surface area contributed by atoms with Crippen LogP contribution in [0.4, 0.5) is 5.69 Å². The summed E-state index contributed by atoms with van der Waals surface area (Å²) in [6.45, 7) is 4.17. The van der Waals surface area contributed by atoms with Gasteiger partial charge < -0.3 is 0 Å². The van der Waals surface area contributed by atoms with Crippen molar-refractivity contribution in [1.82, 2.24) is 0 Å². The summed E-state index contributed by atoms with van der Waals surface area (Å²) in [5.41, 5.74) is 3.52. The summed E-state index contributed by atoms with van der Waals surface area (Å²) in [5.74, 6) is 0. The van der Waals surface area contributed by atoms with Gasteiger partial charge in [-0.1, -0.05) is 18.2 Å². The third-order valence-electron chi connectivity index (χ3n) is 2.24. The summed E-state index contributed by atoms with van der Waals surface area (Å²) in [7, 11) is 0. The highest BCUT2D eigenvalue weighted by Crippen LogP contribution is 2.20. The van der Waals surface area contributed by atoms with Crippen molar-refractivity contribution in [3.63, 3.8) is 0 Å². The van der Waals surface area contributed by atoms with E-state index in [1.54, 1.807) is 11.3 Å². The van der Waals surface area contributed by atoms with Gasteiger partial charge in [-0.25, -0.2) is 0 Å². The third-order valence-corrected chi connectivity index (χ3v) is 3.05. The molecule has 1 aromatic heterocycles. The van der Waals surface area contributed by atoms with Gasteiger partial charge in [0, 0.05) is 11.1 Å². The van der Waals surface area contributed by atoms with Crippen LogP contribution in [-0.2, 0) is 0 Å². The summed E-state index contributed by atoms with van der Waals surface area (Å²) in [5, 5.41) is 2.06. The Kier molecular flexibility index (Phi) is 2.97. The third kappa shape index (κ3) is 2.54. The summed E-state index contributed by atoms with van der Waals surface area (Å²) >= 11 is 1.70. The number of aliphatic imine (C=N–C) groups is 1. The molecule has 1 nitrogen and oxygen atoms in total. The zero-order chi connectivity index (χ0) is 10.7. The van der Waals surface area contributed by atoms with Gasteiger partial charge in [-0.15, -0.1) is 11.3 Å². The van der Waals surface area contributed by atoms with E-state index in [9.17, 15) is 0 Å². The molecule has 0 bridgehead atoms. The van der Waals surface area contributed by atoms with Crippen LogP contribution in [0.15, 0.2) is 40.7 Å². The SMILES string of the molecule is Cc1ccc(C)c(N=Cc2cccs2)c1. The van der Waals surface area contributed by atoms with E-state index < -0.39 is 0 Å². The number of benzene rings is 1. The van der Waals surface area contributed by atoms with Crippen LogP contribution in [0.2, 0.25) is 0 Å². The molecular formula is C13H13NS. The molecule has 0 fully saturated rings. The Morgan fingerprint density at radius 3 is 2.80 bits per heavy atom. The van der Waals surface area contributed by atoms with Crippen molar-refractivity contribution in [1.29, 1.82) is 0 Å². The van der Waals surface area contributed by atoms with Crippen LogP contribution >= 0.6 is 11.3 Å². The number of hydrogen-bond acceptors (Lipinski definition) is 2. The van der Waals surface area contributed by atoms with Crippen LogP contribution in [0.1, 0.15) is 16.0 Å². The highest BCUT2D eigenvalue weighted by molar-refractivity contribution is 7.11. The molecule has 0 unspecified atom stereocenters. The lowest BCUT2D eigenvalue weighted by Crippen LogP contribution is -1.78. The van der Waals surface area contributed by atoms with Gasteiger partial charge in [0.25, 0.3) is 0 Å². The topological polar surface area (TPSA) is 12.4 Å². The van der Waals surface area contributed by atoms with E-state index in [0.717, 1.165) is 5.69 Å². The molecule has 0 amide bonds. The minimum Gasteiger partial charge on any atom is -0.255 e. The molecule has 0 aliphatic carbocycles. The van der Waals surface area contributed by atoms with Crippen LogP contribution in [0.25, 0.3) is 0 Å². The Bertz CT molecular complexity index is 469. The molecule has 1 aromatic carbocycles. The molecule has 1 heterocycles. The molecule has 76 valence electrons. The summed E-state index contributed by atoms with van der Waals surface area (Å²) in [6.07, 6.45) is 1.92. The van der Waals surface area contributed by atoms with Crippen molar-refractivity contribution in [2.24, 2.45) is 4.99 Å². The van der Waals surface area contributed by atoms with Gasteiger partial charge in [-0.05, 0) is 42.5 Å². The Labute approximate surface area is 94.1 Å². The van der Waals surface area contributed by atoms with Crippen molar-refractivity contribution < 1.29 is 0 Å². The van der Waals surface area contributed by atoms with E-state index in [-0.39, 0.29) is 0 Å². The largest absolute Gasteiger partial charge is 0.255 e. The Morgan fingerprint density at radius 2 is 2.07 bits per heavy atom. The molecule has 0 aliphatic heterocycles. The van der Waals surface area contributed by atoms with Crippen molar-refractivity contribution in [2.45, 2.75) is 13.8 Å². The number of aryl methyl sites for hydroxylation is 2. The number of thiophene rings is 1. The standard InChI is InChI=1S/C13H13NS/c1-10-5-6-11(2)13(8-10)14-9-12-4-3-7-15-12/h3-9H,1-2H3. The molecule has 0 aliphatic rings. The van der Waals surface area contributed by atoms with Crippen LogP contribution < -0.4 is 0 Å². The van der Waals surface area contributed by atoms with Gasteiger partial charge in [0.15, 0.2) is 0 Å². The first kappa shape index (κ1) is 10.1. The molecule has 0 radical (unpaired) electrons. The zero-order valence-corrected chi connectivity index (χ0v) is 9.71. The summed E-state index contributed by atoms with van der Waals surface area (Å²) in [4.78, 5) is 5.69. The number of nitrogens with zero attached hydrogens (tertiary/aromatic N) is 1. The quantitative estimate of drug-likeness (QED) is 0.668. The van der Waals surface area contributed by atoms with E-state index in [0.29, 0.717) is 0 Å². The van der Waals surface area contributed by atoms with Crippen LogP contribution in [0.3, 0.4) is 0 Å². The van der Waals surface area contributed by atoms with Gasteiger partial charge in [-0.3, -0.25) is 4.99 Å². The molecule has 0 atom stereocenters. The number of rotatable bonds is 2. The van der Waals surface area contributed by atoms with Crippen molar-refractivity contribution in [3.05, 3.63) is 51.7 Å². The van der Waals surface area contributed by atoms with Gasteiger partial charge in [0.05, 0.1) is 5.69 Å². The van der Waals surface area contributed by atoms with Crippen molar-refractivity contribution in [3.8, 4) is 0 Å². The van der Waals surface area contributed by atoms with Gasteiger partial charge >= 0.3 is 0 Å². The van der Waals surface area contributed by atoms with Crippen molar-refractivity contribution >= 4 is 23.2 Å². The summed E-state index contributed by atoms with van der Waals surface area (Å²) < 4.78 is 0. The fraction of sp³-hybridized carbons (Fsp3) is 0.154. The lowest BCUT2D eigenvalue weighted by atomic mass is 10.1. The average Bonchev–Trinajstić information content (AvgIpc) is 2.72. The van der Waals surface area contributed by atoms with E-state index in [4.69, 9.17) is 0 Å². The smallest absolute Gasteiger partial charge is 0.0661 e. The second-order valence-electron chi connectivity index (χ2n) is 3.56. The van der Waals surface area contributed by atoms with Gasteiger partial charge in [0.2, 0.25) is 0 Å². The highest BCUT2D eigenvalue weighted by atomic mass is 32.1. The molecule has 0 spiro atoms. The predicted molar refractivity (Wildman–Crippen MR) is 67.5 cm³/mol. The molecule has 0 saturated carbocycles. The molecule has 2 heteroatoms. The second-order valence-corrected chi connectivity index (χ2v) is 4.54. The summed E-state index contributed by atoms with van der Waals surface area (Å²) in [6, 6.07) is 10.4. The molecule has 0 N–H and O–H groups in total. The van der Waals surface area contributed by atoms with Crippen LogP contribution in [0.5, 0.6) is 0 Å². The first-order valence-electron chi connectivity index (χ1n) is 4.90. The maximum atomic E-state index is 4.49. The minimum absolute atomic E-state index is 1.06. The van der Waals surface area contributed by atoms with E-state index >= 15 is 0 Å². The molecular weight excluding hydrogens is 202 g/mol. The molecule has 2 aromatic rings. The fourth-order valence-corrected chi connectivity index (χ4v) is 1.94. The van der Waals surface area contributed by atoms with Crippen LogP contribution in [-0.4, -0.2) is 6.21 Å². The normalized spacial score (nSPS) is 11.1. The monoisotopic (exact) mass is 215 g/mol. The maximum Gasteiger partial charge on any atom is 0.0661 e. The van der Waals surface area contributed by atoms with Crippen LogP contribution in [0, 0.1) is 13.8 Å². The zero-order valence-electron chi connectivity index (χ0n) is 8.90. The minimum atomic E-state index is 1.06. The maximum absolute atomic E-state index is 4.49. The Balaban J connectivity index is 2.27. The predicted octanol–water partition coefficient (Wildman–Crippen LogP) is 4.12. The van der Waals surface area contributed by atoms with Gasteiger partial charge in [-0.2, -0.15) is 0 Å². The Morgan fingerprint density at radius 1 is 1.20 bits per heavy atom. The molecule has 2 rings (SSSR count). The number of hydrogen-bond donors (Lipinski definition) is 0. The molecule has 15 heavy (non-hydrogen) atoms. The van der Waals surface area contributed by atoms with E-state index in [1.807, 2.05) is 12.3 Å². The Hall–Kier alpha value is -1.41. The molecule has 0 saturated heterocycles. The lowest BCUT2D eigenvalue weighted by Gasteiger charge is -2.00. The second kappa shape index (κ2) is 4.41.